The Bertz CT molecular complexity index is 865. The van der Waals surface area contributed by atoms with Crippen LogP contribution in [0.25, 0.3) is 0 Å². The summed E-state index contributed by atoms with van der Waals surface area (Å²) in [6.07, 6.45) is 1.88. The lowest BCUT2D eigenvalue weighted by Crippen LogP contribution is -2.46. The van der Waals surface area contributed by atoms with Gasteiger partial charge in [-0.25, -0.2) is 9.79 Å². The summed E-state index contributed by atoms with van der Waals surface area (Å²) in [5, 5.41) is 0.594. The number of esters is 1. The first-order valence-electron chi connectivity index (χ1n) is 8.33. The monoisotopic (exact) mass is 450 g/mol. The molecule has 1 amide bonds. The highest BCUT2D eigenvalue weighted by molar-refractivity contribution is 9.10. The van der Waals surface area contributed by atoms with Crippen molar-refractivity contribution < 1.29 is 19.1 Å². The van der Waals surface area contributed by atoms with Crippen molar-refractivity contribution in [2.45, 2.75) is 19.4 Å². The minimum absolute atomic E-state index is 0.0806. The molecule has 6 nitrogen and oxygen atoms in total. The van der Waals surface area contributed by atoms with Gasteiger partial charge in [0, 0.05) is 22.2 Å². The highest BCUT2D eigenvalue weighted by Crippen LogP contribution is 2.43. The molecule has 1 atom stereocenters. The van der Waals surface area contributed by atoms with E-state index in [1.807, 2.05) is 12.1 Å². The zero-order chi connectivity index (χ0) is 19.6. The number of halogens is 1. The molecule has 8 heteroatoms. The Balaban J connectivity index is 2.20. The fourth-order valence-corrected chi connectivity index (χ4v) is 4.47. The van der Waals surface area contributed by atoms with Crippen LogP contribution in [0.2, 0.25) is 0 Å². The van der Waals surface area contributed by atoms with Gasteiger partial charge in [-0.15, -0.1) is 0 Å². The molecule has 0 saturated carbocycles. The highest BCUT2D eigenvalue weighted by Gasteiger charge is 2.42. The Hall–Kier alpha value is -2.06. The van der Waals surface area contributed by atoms with Crippen LogP contribution in [0.5, 0.6) is 5.75 Å². The van der Waals surface area contributed by atoms with E-state index in [9.17, 15) is 9.59 Å². The molecule has 2 heterocycles. The molecule has 0 spiro atoms. The minimum Gasteiger partial charge on any atom is -0.496 e. The molecule has 0 bridgehead atoms. The third-order valence-electron chi connectivity index (χ3n) is 4.25. The van der Waals surface area contributed by atoms with Crippen molar-refractivity contribution in [2.75, 3.05) is 19.5 Å². The maximum absolute atomic E-state index is 12.8. The number of carbonyl (C=O) groups excluding carboxylic acids is 2. The Morgan fingerprint density at radius 1 is 1.52 bits per heavy atom. The van der Waals surface area contributed by atoms with Crippen molar-refractivity contribution in [3.05, 3.63) is 52.2 Å². The van der Waals surface area contributed by atoms with Crippen molar-refractivity contribution in [2.24, 2.45) is 4.99 Å². The molecule has 2 aliphatic rings. The lowest BCUT2D eigenvalue weighted by molar-refractivity contribution is -0.139. The molecule has 3 rings (SSSR count). The summed E-state index contributed by atoms with van der Waals surface area (Å²) >= 11 is 4.97. The van der Waals surface area contributed by atoms with E-state index >= 15 is 0 Å². The van der Waals surface area contributed by atoms with Crippen molar-refractivity contribution in [1.82, 2.24) is 4.90 Å². The summed E-state index contributed by atoms with van der Waals surface area (Å²) in [6, 6.07) is 4.84. The Morgan fingerprint density at radius 2 is 2.30 bits per heavy atom. The average Bonchev–Trinajstić information content (AvgIpc) is 2.65. The third kappa shape index (κ3) is 3.82. The molecule has 2 aliphatic heterocycles. The SMILES string of the molecule is C=CCOC(=O)C1=C(C)N=C2SCCC(=O)N2[C@@H]1c1cc(Br)ccc1OC. The van der Waals surface area contributed by atoms with Gasteiger partial charge in [0.05, 0.1) is 18.4 Å². The van der Waals surface area contributed by atoms with Gasteiger partial charge in [-0.2, -0.15) is 0 Å². The predicted octanol–water partition coefficient (Wildman–Crippen LogP) is 3.84. The van der Waals surface area contributed by atoms with Crippen LogP contribution in [0.4, 0.5) is 0 Å². The van der Waals surface area contributed by atoms with E-state index in [0.29, 0.717) is 39.9 Å². The van der Waals surface area contributed by atoms with Crippen LogP contribution in [0, 0.1) is 0 Å². The Morgan fingerprint density at radius 3 is 3.00 bits per heavy atom. The molecular weight excluding hydrogens is 432 g/mol. The fourth-order valence-electron chi connectivity index (χ4n) is 3.08. The number of carbonyl (C=O) groups is 2. The molecule has 0 radical (unpaired) electrons. The van der Waals surface area contributed by atoms with Crippen LogP contribution in [0.15, 0.2) is 51.6 Å². The predicted molar refractivity (Wildman–Crippen MR) is 109 cm³/mol. The Kier molecular flexibility index (Phi) is 6.06. The van der Waals surface area contributed by atoms with Crippen LogP contribution in [-0.2, 0) is 14.3 Å². The standard InChI is InChI=1S/C19H19BrN2O4S/c1-4-8-26-18(24)16-11(2)21-19-22(15(23)7-9-27-19)17(16)13-10-12(20)5-6-14(13)25-3/h4-6,10,17H,1,7-9H2,2-3H3/t17-/m1/s1. The molecule has 142 valence electrons. The summed E-state index contributed by atoms with van der Waals surface area (Å²) in [6.45, 7) is 5.41. The lowest BCUT2D eigenvalue weighted by Gasteiger charge is -2.39. The first kappa shape index (κ1) is 19.7. The number of nitrogens with zero attached hydrogens (tertiary/aromatic N) is 2. The molecule has 1 aromatic carbocycles. The second-order valence-electron chi connectivity index (χ2n) is 5.93. The molecule has 1 aromatic rings. The van der Waals surface area contributed by atoms with Gasteiger partial charge in [0.15, 0.2) is 5.17 Å². The van der Waals surface area contributed by atoms with E-state index in [2.05, 4.69) is 27.5 Å². The number of fused-ring (bicyclic) bond motifs is 1. The summed E-state index contributed by atoms with van der Waals surface area (Å²) < 4.78 is 11.6. The van der Waals surface area contributed by atoms with E-state index in [1.165, 1.54) is 17.8 Å². The van der Waals surface area contributed by atoms with Crippen LogP contribution in [-0.4, -0.2) is 41.4 Å². The topological polar surface area (TPSA) is 68.2 Å². The molecule has 27 heavy (non-hydrogen) atoms. The minimum atomic E-state index is -0.664. The Labute approximate surface area is 170 Å². The number of amides is 1. The van der Waals surface area contributed by atoms with Crippen LogP contribution in [0.1, 0.15) is 24.9 Å². The van der Waals surface area contributed by atoms with E-state index < -0.39 is 12.0 Å². The molecule has 0 aromatic heterocycles. The second-order valence-corrected chi connectivity index (χ2v) is 7.91. The maximum atomic E-state index is 12.8. The summed E-state index contributed by atoms with van der Waals surface area (Å²) in [5.74, 6) is 0.640. The number of thioether (sulfide) groups is 1. The normalized spacial score (nSPS) is 19.4. The number of allylic oxidation sites excluding steroid dienone is 1. The first-order valence-corrected chi connectivity index (χ1v) is 10.1. The highest BCUT2D eigenvalue weighted by atomic mass is 79.9. The molecule has 0 N–H and O–H groups in total. The fraction of sp³-hybridized carbons (Fsp3) is 0.316. The van der Waals surface area contributed by atoms with Gasteiger partial charge in [0.25, 0.3) is 0 Å². The smallest absolute Gasteiger partial charge is 0.338 e. The van der Waals surface area contributed by atoms with Crippen molar-refractivity contribution >= 4 is 44.7 Å². The quantitative estimate of drug-likeness (QED) is 0.503. The third-order valence-corrected chi connectivity index (χ3v) is 5.69. The molecule has 1 fully saturated rings. The van der Waals surface area contributed by atoms with Crippen LogP contribution < -0.4 is 4.74 Å². The zero-order valence-corrected chi connectivity index (χ0v) is 17.4. The molecule has 0 unspecified atom stereocenters. The van der Waals surface area contributed by atoms with Gasteiger partial charge in [-0.05, 0) is 25.1 Å². The van der Waals surface area contributed by atoms with Gasteiger partial charge in [0.1, 0.15) is 18.4 Å². The number of amidine groups is 1. The largest absolute Gasteiger partial charge is 0.496 e. The molecule has 0 aliphatic carbocycles. The van der Waals surface area contributed by atoms with E-state index in [-0.39, 0.29) is 12.5 Å². The van der Waals surface area contributed by atoms with E-state index in [0.717, 1.165) is 4.47 Å². The van der Waals surface area contributed by atoms with Gasteiger partial charge in [0.2, 0.25) is 5.91 Å². The lowest BCUT2D eigenvalue weighted by atomic mass is 9.93. The van der Waals surface area contributed by atoms with Gasteiger partial charge in [-0.3, -0.25) is 9.69 Å². The van der Waals surface area contributed by atoms with Gasteiger partial charge < -0.3 is 9.47 Å². The number of aliphatic imine (C=N–C) groups is 1. The maximum Gasteiger partial charge on any atom is 0.338 e. The second kappa shape index (κ2) is 8.31. The van der Waals surface area contributed by atoms with Crippen LogP contribution >= 0.6 is 27.7 Å². The van der Waals surface area contributed by atoms with Crippen molar-refractivity contribution in [3.63, 3.8) is 0 Å². The van der Waals surface area contributed by atoms with Gasteiger partial charge in [-0.1, -0.05) is 40.3 Å². The van der Waals surface area contributed by atoms with Crippen molar-refractivity contribution in [1.29, 1.82) is 0 Å². The zero-order valence-electron chi connectivity index (χ0n) is 15.0. The van der Waals surface area contributed by atoms with Crippen molar-refractivity contribution in [3.8, 4) is 5.75 Å². The van der Waals surface area contributed by atoms with Crippen LogP contribution in [0.3, 0.4) is 0 Å². The molecular formula is C19H19BrN2O4S. The average molecular weight is 451 g/mol. The van der Waals surface area contributed by atoms with E-state index in [4.69, 9.17) is 9.47 Å². The summed E-state index contributed by atoms with van der Waals surface area (Å²) in [7, 11) is 1.56. The number of hydrogen-bond donors (Lipinski definition) is 0. The van der Waals surface area contributed by atoms with E-state index in [1.54, 1.807) is 25.0 Å². The first-order chi connectivity index (χ1) is 13.0. The number of ether oxygens (including phenoxy) is 2. The number of benzene rings is 1. The molecule has 1 saturated heterocycles. The van der Waals surface area contributed by atoms with Gasteiger partial charge >= 0.3 is 5.97 Å². The summed E-state index contributed by atoms with van der Waals surface area (Å²) in [4.78, 5) is 31.7. The number of hydrogen-bond acceptors (Lipinski definition) is 6. The summed E-state index contributed by atoms with van der Waals surface area (Å²) in [5.41, 5.74) is 1.55. The number of methoxy groups -OCH3 is 1. The number of rotatable bonds is 5.